The van der Waals surface area contributed by atoms with E-state index in [2.05, 4.69) is 5.32 Å². The SMILES string of the molecule is Nc1cc(C(=O)NCCC2CC2)ccc1[N+](=O)[O-]. The molecule has 0 atom stereocenters. The largest absolute Gasteiger partial charge is 0.393 e. The predicted molar refractivity (Wildman–Crippen MR) is 67.2 cm³/mol. The lowest BCUT2D eigenvalue weighted by molar-refractivity contribution is -0.383. The molecule has 0 saturated heterocycles. The summed E-state index contributed by atoms with van der Waals surface area (Å²) in [5.41, 5.74) is 5.71. The molecule has 18 heavy (non-hydrogen) atoms. The van der Waals surface area contributed by atoms with Crippen molar-refractivity contribution in [1.82, 2.24) is 5.32 Å². The molecule has 1 aromatic rings. The van der Waals surface area contributed by atoms with E-state index in [1.54, 1.807) is 0 Å². The number of rotatable bonds is 5. The van der Waals surface area contributed by atoms with Crippen molar-refractivity contribution in [2.24, 2.45) is 5.92 Å². The van der Waals surface area contributed by atoms with Gasteiger partial charge in [0.25, 0.3) is 11.6 Å². The van der Waals surface area contributed by atoms with Gasteiger partial charge >= 0.3 is 0 Å². The maximum atomic E-state index is 11.7. The van der Waals surface area contributed by atoms with Crippen molar-refractivity contribution >= 4 is 17.3 Å². The van der Waals surface area contributed by atoms with Crippen LogP contribution in [0.15, 0.2) is 18.2 Å². The zero-order valence-corrected chi connectivity index (χ0v) is 9.89. The molecule has 0 spiro atoms. The van der Waals surface area contributed by atoms with Gasteiger partial charge in [-0.3, -0.25) is 14.9 Å². The van der Waals surface area contributed by atoms with Crippen molar-refractivity contribution in [3.63, 3.8) is 0 Å². The number of carbonyl (C=O) groups excluding carboxylic acids is 1. The first kappa shape index (κ1) is 12.3. The Balaban J connectivity index is 1.96. The Kier molecular flexibility index (Phi) is 3.45. The lowest BCUT2D eigenvalue weighted by Crippen LogP contribution is -2.24. The molecule has 0 radical (unpaired) electrons. The Morgan fingerprint density at radius 3 is 2.78 bits per heavy atom. The van der Waals surface area contributed by atoms with Gasteiger partial charge in [-0.2, -0.15) is 0 Å². The van der Waals surface area contributed by atoms with Crippen LogP contribution in [0.25, 0.3) is 0 Å². The molecule has 1 aliphatic carbocycles. The number of amides is 1. The molecule has 1 aromatic carbocycles. The van der Waals surface area contributed by atoms with Crippen LogP contribution in [-0.4, -0.2) is 17.4 Å². The number of hydrogen-bond acceptors (Lipinski definition) is 4. The van der Waals surface area contributed by atoms with E-state index in [1.165, 1.54) is 31.0 Å². The number of nitro groups is 1. The lowest BCUT2D eigenvalue weighted by atomic mass is 10.1. The molecule has 1 fully saturated rings. The zero-order valence-electron chi connectivity index (χ0n) is 9.89. The molecule has 6 heteroatoms. The summed E-state index contributed by atoms with van der Waals surface area (Å²) in [4.78, 5) is 21.8. The first-order valence-electron chi connectivity index (χ1n) is 5.90. The molecule has 2 rings (SSSR count). The molecule has 0 bridgehead atoms. The fourth-order valence-electron chi connectivity index (χ4n) is 1.76. The van der Waals surface area contributed by atoms with E-state index in [9.17, 15) is 14.9 Å². The molecule has 96 valence electrons. The number of hydrogen-bond donors (Lipinski definition) is 2. The van der Waals surface area contributed by atoms with Crippen molar-refractivity contribution < 1.29 is 9.72 Å². The third-order valence-corrected chi connectivity index (χ3v) is 3.02. The predicted octanol–water partition coefficient (Wildman–Crippen LogP) is 1.71. The van der Waals surface area contributed by atoms with Gasteiger partial charge in [-0.25, -0.2) is 0 Å². The van der Waals surface area contributed by atoms with E-state index < -0.39 is 4.92 Å². The summed E-state index contributed by atoms with van der Waals surface area (Å²) < 4.78 is 0. The van der Waals surface area contributed by atoms with Gasteiger partial charge in [0.05, 0.1) is 4.92 Å². The molecule has 6 nitrogen and oxygen atoms in total. The summed E-state index contributed by atoms with van der Waals surface area (Å²) in [7, 11) is 0. The van der Waals surface area contributed by atoms with Gasteiger partial charge in [-0.15, -0.1) is 0 Å². The normalized spacial score (nSPS) is 14.2. The van der Waals surface area contributed by atoms with Crippen LogP contribution in [-0.2, 0) is 0 Å². The van der Waals surface area contributed by atoms with Gasteiger partial charge in [-0.1, -0.05) is 12.8 Å². The standard InChI is InChI=1S/C12H15N3O3/c13-10-7-9(3-4-11(10)15(17)18)12(16)14-6-5-8-1-2-8/h3-4,7-8H,1-2,5-6,13H2,(H,14,16). The molecule has 1 saturated carbocycles. The third-order valence-electron chi connectivity index (χ3n) is 3.02. The van der Waals surface area contributed by atoms with E-state index in [0.29, 0.717) is 12.1 Å². The van der Waals surface area contributed by atoms with Crippen LogP contribution < -0.4 is 11.1 Å². The maximum Gasteiger partial charge on any atom is 0.292 e. The summed E-state index contributed by atoms with van der Waals surface area (Å²) in [6.07, 6.45) is 3.49. The maximum absolute atomic E-state index is 11.7. The van der Waals surface area contributed by atoms with Gasteiger partial charge in [-0.05, 0) is 24.5 Å². The Labute approximate surface area is 104 Å². The smallest absolute Gasteiger partial charge is 0.292 e. The average molecular weight is 249 g/mol. The highest BCUT2D eigenvalue weighted by atomic mass is 16.6. The number of nitrogen functional groups attached to an aromatic ring is 1. The van der Waals surface area contributed by atoms with Crippen molar-refractivity contribution in [2.45, 2.75) is 19.3 Å². The quantitative estimate of drug-likeness (QED) is 0.471. The Hall–Kier alpha value is -2.11. The van der Waals surface area contributed by atoms with Crippen LogP contribution in [0.5, 0.6) is 0 Å². The summed E-state index contributed by atoms with van der Waals surface area (Å²) in [6.45, 7) is 0.639. The van der Waals surface area contributed by atoms with Crippen LogP contribution in [0.1, 0.15) is 29.6 Å². The van der Waals surface area contributed by atoms with Gasteiger partial charge < -0.3 is 11.1 Å². The second kappa shape index (κ2) is 5.03. The third kappa shape index (κ3) is 2.97. The Bertz CT molecular complexity index is 483. The molecule has 1 aliphatic rings. The topological polar surface area (TPSA) is 98.3 Å². The van der Waals surface area contributed by atoms with E-state index in [0.717, 1.165) is 12.3 Å². The van der Waals surface area contributed by atoms with Crippen LogP contribution in [0, 0.1) is 16.0 Å². The first-order chi connectivity index (χ1) is 8.58. The van der Waals surface area contributed by atoms with E-state index in [-0.39, 0.29) is 17.3 Å². The molecule has 0 aromatic heterocycles. The second-order valence-electron chi connectivity index (χ2n) is 4.52. The monoisotopic (exact) mass is 249 g/mol. The fourth-order valence-corrected chi connectivity index (χ4v) is 1.76. The van der Waals surface area contributed by atoms with Gasteiger partial charge in [0.15, 0.2) is 0 Å². The minimum Gasteiger partial charge on any atom is -0.393 e. The minimum atomic E-state index is -0.565. The number of benzene rings is 1. The number of nitro benzene ring substituents is 1. The van der Waals surface area contributed by atoms with Crippen LogP contribution in [0.4, 0.5) is 11.4 Å². The highest BCUT2D eigenvalue weighted by Crippen LogP contribution is 2.31. The van der Waals surface area contributed by atoms with Crippen LogP contribution in [0.3, 0.4) is 0 Å². The van der Waals surface area contributed by atoms with Crippen molar-refractivity contribution in [2.75, 3.05) is 12.3 Å². The Morgan fingerprint density at radius 1 is 1.50 bits per heavy atom. The van der Waals surface area contributed by atoms with Gasteiger partial charge in [0.1, 0.15) is 5.69 Å². The van der Waals surface area contributed by atoms with Gasteiger partial charge in [0.2, 0.25) is 0 Å². The fraction of sp³-hybridized carbons (Fsp3) is 0.417. The molecule has 1 amide bonds. The highest BCUT2D eigenvalue weighted by molar-refractivity contribution is 5.95. The summed E-state index contributed by atoms with van der Waals surface area (Å²) in [5, 5.41) is 13.4. The number of carbonyl (C=O) groups is 1. The molecular weight excluding hydrogens is 234 g/mol. The molecular formula is C12H15N3O3. The van der Waals surface area contributed by atoms with Gasteiger partial charge in [0, 0.05) is 18.2 Å². The van der Waals surface area contributed by atoms with Crippen molar-refractivity contribution in [3.8, 4) is 0 Å². The van der Waals surface area contributed by atoms with E-state index >= 15 is 0 Å². The summed E-state index contributed by atoms with van der Waals surface area (Å²) >= 11 is 0. The van der Waals surface area contributed by atoms with Crippen LogP contribution >= 0.6 is 0 Å². The second-order valence-corrected chi connectivity index (χ2v) is 4.52. The molecule has 3 N–H and O–H groups in total. The molecule has 0 aliphatic heterocycles. The Morgan fingerprint density at radius 2 is 2.22 bits per heavy atom. The molecule has 0 heterocycles. The number of nitrogens with zero attached hydrogens (tertiary/aromatic N) is 1. The van der Waals surface area contributed by atoms with Crippen molar-refractivity contribution in [3.05, 3.63) is 33.9 Å². The molecule has 0 unspecified atom stereocenters. The van der Waals surface area contributed by atoms with Crippen molar-refractivity contribution in [1.29, 1.82) is 0 Å². The number of nitrogens with one attached hydrogen (secondary N) is 1. The number of anilines is 1. The summed E-state index contributed by atoms with van der Waals surface area (Å²) in [5.74, 6) is 0.518. The zero-order chi connectivity index (χ0) is 13.1. The summed E-state index contributed by atoms with van der Waals surface area (Å²) in [6, 6.07) is 4.01. The lowest BCUT2D eigenvalue weighted by Gasteiger charge is -2.05. The van der Waals surface area contributed by atoms with E-state index in [1.807, 2.05) is 0 Å². The van der Waals surface area contributed by atoms with E-state index in [4.69, 9.17) is 5.73 Å². The minimum absolute atomic E-state index is 0.00911. The first-order valence-corrected chi connectivity index (χ1v) is 5.90. The number of nitrogens with two attached hydrogens (primary N) is 1. The highest BCUT2D eigenvalue weighted by Gasteiger charge is 2.21. The average Bonchev–Trinajstić information content (AvgIpc) is 3.12. The van der Waals surface area contributed by atoms with Crippen LogP contribution in [0.2, 0.25) is 0 Å².